The van der Waals surface area contributed by atoms with Gasteiger partial charge in [0.1, 0.15) is 6.61 Å². The highest BCUT2D eigenvalue weighted by atomic mass is 16.6. The summed E-state index contributed by atoms with van der Waals surface area (Å²) in [6.45, 7) is 5.71. The topological polar surface area (TPSA) is 191 Å². The molecule has 1 aliphatic heterocycles. The van der Waals surface area contributed by atoms with E-state index >= 15 is 0 Å². The number of cyclic esters (lactones) is 1. The molecule has 12 nitrogen and oxygen atoms in total. The third kappa shape index (κ3) is 9.92. The first kappa shape index (κ1) is 27.8. The van der Waals surface area contributed by atoms with Gasteiger partial charge in [-0.25, -0.2) is 4.79 Å². The minimum Gasteiger partial charge on any atom is -0.481 e. The molecule has 5 unspecified atom stereocenters. The van der Waals surface area contributed by atoms with Gasteiger partial charge in [0.15, 0.2) is 0 Å². The number of carboxylic acids is 3. The van der Waals surface area contributed by atoms with Crippen molar-refractivity contribution >= 4 is 35.8 Å². The Bertz CT molecular complexity index is 685. The monoisotopic (exact) mass is 448 g/mol. The molecule has 31 heavy (non-hydrogen) atoms. The van der Waals surface area contributed by atoms with E-state index in [-0.39, 0.29) is 19.6 Å². The fourth-order valence-corrected chi connectivity index (χ4v) is 2.04. The van der Waals surface area contributed by atoms with Crippen molar-refractivity contribution in [3.8, 4) is 0 Å². The molecule has 0 spiro atoms. The predicted octanol–water partition coefficient (Wildman–Crippen LogP) is 0.563. The van der Waals surface area contributed by atoms with E-state index < -0.39 is 65.6 Å². The standard InChI is InChI=1S/C10H14O6.C9H14O6/c1-5(8(11)12)6(2)9(13)16-7-3-4-15-10(7)14;1-5(8(12)13)6(2)9(14)15-4-3-7(10)11/h5-7H,3-4H2,1-2H3,(H,11,12);5-6H,3-4H2,1-2H3,(H,10,11)(H,12,13). The summed E-state index contributed by atoms with van der Waals surface area (Å²) in [7, 11) is 0. The summed E-state index contributed by atoms with van der Waals surface area (Å²) in [4.78, 5) is 65.0. The van der Waals surface area contributed by atoms with Crippen LogP contribution in [0.4, 0.5) is 0 Å². The number of rotatable bonds is 10. The summed E-state index contributed by atoms with van der Waals surface area (Å²) in [5, 5.41) is 25.6. The zero-order chi connectivity index (χ0) is 24.3. The fourth-order valence-electron chi connectivity index (χ4n) is 2.04. The normalized spacial score (nSPS) is 18.8. The average molecular weight is 448 g/mol. The Balaban J connectivity index is 0.000000582. The quantitative estimate of drug-likeness (QED) is 0.311. The Morgan fingerprint density at radius 1 is 0.903 bits per heavy atom. The second kappa shape index (κ2) is 13.2. The van der Waals surface area contributed by atoms with Crippen molar-refractivity contribution in [2.75, 3.05) is 13.2 Å². The van der Waals surface area contributed by atoms with Crippen LogP contribution in [0.2, 0.25) is 0 Å². The Morgan fingerprint density at radius 2 is 1.39 bits per heavy atom. The van der Waals surface area contributed by atoms with E-state index in [4.69, 9.17) is 20.1 Å². The summed E-state index contributed by atoms with van der Waals surface area (Å²) in [5.41, 5.74) is 0. The highest BCUT2D eigenvalue weighted by Gasteiger charge is 2.34. The molecule has 0 bridgehead atoms. The number of carbonyl (C=O) groups excluding carboxylic acids is 3. The van der Waals surface area contributed by atoms with E-state index in [0.29, 0.717) is 6.42 Å². The molecule has 0 aliphatic carbocycles. The third-order valence-corrected chi connectivity index (χ3v) is 4.73. The Morgan fingerprint density at radius 3 is 1.77 bits per heavy atom. The van der Waals surface area contributed by atoms with E-state index in [2.05, 4.69) is 9.47 Å². The van der Waals surface area contributed by atoms with Crippen LogP contribution >= 0.6 is 0 Å². The molecule has 176 valence electrons. The number of aliphatic carboxylic acids is 3. The number of hydrogen-bond donors (Lipinski definition) is 3. The van der Waals surface area contributed by atoms with Gasteiger partial charge in [-0.15, -0.1) is 0 Å². The molecule has 1 aliphatic rings. The number of ether oxygens (including phenoxy) is 3. The van der Waals surface area contributed by atoms with Crippen LogP contribution in [0, 0.1) is 23.7 Å². The van der Waals surface area contributed by atoms with Gasteiger partial charge in [0.2, 0.25) is 6.10 Å². The van der Waals surface area contributed by atoms with Crippen LogP contribution in [0.15, 0.2) is 0 Å². The summed E-state index contributed by atoms with van der Waals surface area (Å²) in [5.74, 6) is -8.42. The van der Waals surface area contributed by atoms with Crippen molar-refractivity contribution < 1.29 is 58.3 Å². The van der Waals surface area contributed by atoms with Crippen LogP contribution in [0.5, 0.6) is 0 Å². The first-order valence-corrected chi connectivity index (χ1v) is 9.50. The Kier molecular flexibility index (Phi) is 11.8. The van der Waals surface area contributed by atoms with Crippen LogP contribution in [0.3, 0.4) is 0 Å². The number of hydrogen-bond acceptors (Lipinski definition) is 9. The van der Waals surface area contributed by atoms with E-state index in [1.807, 2.05) is 0 Å². The predicted molar refractivity (Wildman–Crippen MR) is 101 cm³/mol. The van der Waals surface area contributed by atoms with Crippen molar-refractivity contribution in [3.05, 3.63) is 0 Å². The van der Waals surface area contributed by atoms with Gasteiger partial charge in [-0.2, -0.15) is 0 Å². The minimum absolute atomic E-state index is 0.231. The molecule has 5 atom stereocenters. The van der Waals surface area contributed by atoms with Gasteiger partial charge in [-0.05, 0) is 0 Å². The molecule has 0 radical (unpaired) electrons. The average Bonchev–Trinajstić information content (AvgIpc) is 3.09. The molecule has 1 fully saturated rings. The number of carboxylic acid groups (broad SMARTS) is 3. The van der Waals surface area contributed by atoms with Gasteiger partial charge in [-0.1, -0.05) is 27.7 Å². The molecule has 0 amide bonds. The van der Waals surface area contributed by atoms with Crippen LogP contribution in [0.25, 0.3) is 0 Å². The zero-order valence-corrected chi connectivity index (χ0v) is 17.7. The maximum atomic E-state index is 11.5. The fraction of sp³-hybridized carbons (Fsp3) is 0.684. The van der Waals surface area contributed by atoms with Gasteiger partial charge < -0.3 is 29.5 Å². The van der Waals surface area contributed by atoms with Gasteiger partial charge in [0.05, 0.1) is 36.7 Å². The largest absolute Gasteiger partial charge is 0.481 e. The molecule has 0 aromatic carbocycles. The van der Waals surface area contributed by atoms with Crippen LogP contribution in [-0.2, 0) is 43.0 Å². The molecule has 12 heteroatoms. The lowest BCUT2D eigenvalue weighted by Gasteiger charge is -2.16. The Labute approximate surface area is 178 Å². The smallest absolute Gasteiger partial charge is 0.347 e. The molecule has 0 aromatic heterocycles. The van der Waals surface area contributed by atoms with Crippen LogP contribution < -0.4 is 0 Å². The maximum absolute atomic E-state index is 11.5. The lowest BCUT2D eigenvalue weighted by molar-refractivity contribution is -0.166. The Hall–Kier alpha value is -3.18. The lowest BCUT2D eigenvalue weighted by atomic mass is 9.96. The van der Waals surface area contributed by atoms with Crippen molar-refractivity contribution in [3.63, 3.8) is 0 Å². The first-order chi connectivity index (χ1) is 14.3. The first-order valence-electron chi connectivity index (χ1n) is 9.50. The maximum Gasteiger partial charge on any atom is 0.347 e. The molecule has 1 saturated heterocycles. The van der Waals surface area contributed by atoms with Gasteiger partial charge >= 0.3 is 35.8 Å². The SMILES string of the molecule is CC(C(=O)O)C(C)C(=O)OC1CCOC1=O.CC(C(=O)O)C(C)C(=O)OCCC(=O)O. The molecule has 3 N–H and O–H groups in total. The molecule has 0 aromatic rings. The van der Waals surface area contributed by atoms with Crippen LogP contribution in [-0.4, -0.2) is 70.5 Å². The van der Waals surface area contributed by atoms with Crippen molar-refractivity contribution in [1.82, 2.24) is 0 Å². The summed E-state index contributed by atoms with van der Waals surface area (Å²) < 4.78 is 14.1. The highest BCUT2D eigenvalue weighted by molar-refractivity contribution is 5.84. The molecule has 0 saturated carbocycles. The summed E-state index contributed by atoms with van der Waals surface area (Å²) >= 11 is 0. The molecular formula is C19H28O12. The van der Waals surface area contributed by atoms with E-state index in [1.165, 1.54) is 27.7 Å². The number of esters is 3. The van der Waals surface area contributed by atoms with Gasteiger partial charge in [0.25, 0.3) is 0 Å². The second-order valence-electron chi connectivity index (χ2n) is 7.02. The highest BCUT2D eigenvalue weighted by Crippen LogP contribution is 2.17. The minimum atomic E-state index is -1.09. The molecule has 1 rings (SSSR count). The van der Waals surface area contributed by atoms with Gasteiger partial charge in [0, 0.05) is 6.42 Å². The van der Waals surface area contributed by atoms with E-state index in [9.17, 15) is 28.8 Å². The van der Waals surface area contributed by atoms with E-state index in [0.717, 1.165) is 0 Å². The molecular weight excluding hydrogens is 420 g/mol. The summed E-state index contributed by atoms with van der Waals surface area (Å²) in [6, 6.07) is 0. The molecule has 1 heterocycles. The van der Waals surface area contributed by atoms with Gasteiger partial charge in [-0.3, -0.25) is 24.0 Å². The zero-order valence-electron chi connectivity index (χ0n) is 17.7. The van der Waals surface area contributed by atoms with E-state index in [1.54, 1.807) is 0 Å². The second-order valence-corrected chi connectivity index (χ2v) is 7.02. The van der Waals surface area contributed by atoms with Crippen molar-refractivity contribution in [2.24, 2.45) is 23.7 Å². The lowest BCUT2D eigenvalue weighted by Crippen LogP contribution is -2.31. The summed E-state index contributed by atoms with van der Waals surface area (Å²) in [6.07, 6.45) is -0.825. The van der Waals surface area contributed by atoms with Crippen LogP contribution in [0.1, 0.15) is 40.5 Å². The van der Waals surface area contributed by atoms with Crippen molar-refractivity contribution in [1.29, 1.82) is 0 Å². The number of carbonyl (C=O) groups is 6. The van der Waals surface area contributed by atoms with Crippen molar-refractivity contribution in [2.45, 2.75) is 46.6 Å². The third-order valence-electron chi connectivity index (χ3n) is 4.73.